The molecule has 0 amide bonds. The van der Waals surface area contributed by atoms with Crippen LogP contribution < -0.4 is 11.5 Å². The van der Waals surface area contributed by atoms with Gasteiger partial charge in [-0.2, -0.15) is 4.98 Å². The Hall–Kier alpha value is -1.36. The van der Waals surface area contributed by atoms with E-state index < -0.39 is 0 Å². The maximum atomic E-state index is 5.73. The van der Waals surface area contributed by atoms with Gasteiger partial charge in [0.2, 0.25) is 5.95 Å². The monoisotopic (exact) mass is 252 g/mol. The molecule has 0 aliphatic carbocycles. The van der Waals surface area contributed by atoms with Gasteiger partial charge in [-0.1, -0.05) is 15.9 Å². The largest absolute Gasteiger partial charge is 0.383 e. The molecule has 0 spiro atoms. The summed E-state index contributed by atoms with van der Waals surface area (Å²) in [5.74, 6) is 0.619. The van der Waals surface area contributed by atoms with Crippen LogP contribution >= 0.6 is 15.9 Å². The molecule has 0 radical (unpaired) electrons. The third kappa shape index (κ3) is 1.39. The van der Waals surface area contributed by atoms with Crippen molar-refractivity contribution >= 4 is 38.6 Å². The zero-order valence-corrected chi connectivity index (χ0v) is 9.17. The molecule has 1 aromatic carbocycles. The third-order valence-corrected chi connectivity index (χ3v) is 2.88. The van der Waals surface area contributed by atoms with Gasteiger partial charge in [0.1, 0.15) is 5.82 Å². The van der Waals surface area contributed by atoms with Gasteiger partial charge in [0.25, 0.3) is 0 Å². The zero-order valence-electron chi connectivity index (χ0n) is 7.58. The van der Waals surface area contributed by atoms with Crippen LogP contribution in [0.2, 0.25) is 0 Å². The minimum absolute atomic E-state index is 0.200. The highest BCUT2D eigenvalue weighted by Crippen LogP contribution is 2.25. The molecule has 4 nitrogen and oxygen atoms in total. The second-order valence-corrected chi connectivity index (χ2v) is 3.94. The highest BCUT2D eigenvalue weighted by atomic mass is 79.9. The van der Waals surface area contributed by atoms with Gasteiger partial charge in [-0.3, -0.25) is 0 Å². The highest BCUT2D eigenvalue weighted by molar-refractivity contribution is 9.10. The molecular formula is C9H9BrN4. The normalized spacial score (nSPS) is 10.7. The Bertz CT molecular complexity index is 510. The Labute approximate surface area is 89.5 Å². The lowest BCUT2D eigenvalue weighted by atomic mass is 10.1. The van der Waals surface area contributed by atoms with Gasteiger partial charge in [0, 0.05) is 9.86 Å². The number of fused-ring (bicyclic) bond motifs is 1. The minimum Gasteiger partial charge on any atom is -0.383 e. The first-order valence-corrected chi connectivity index (χ1v) is 4.86. The molecule has 0 aliphatic heterocycles. The SMILES string of the molecule is Cc1cc2c(N)nc(N)nc2cc1Br. The Kier molecular flexibility index (Phi) is 2.03. The van der Waals surface area contributed by atoms with Crippen molar-refractivity contribution in [2.75, 3.05) is 11.5 Å². The summed E-state index contributed by atoms with van der Waals surface area (Å²) in [6.07, 6.45) is 0. The maximum absolute atomic E-state index is 5.73. The van der Waals surface area contributed by atoms with Crippen LogP contribution in [0.3, 0.4) is 0 Å². The van der Waals surface area contributed by atoms with E-state index in [4.69, 9.17) is 11.5 Å². The van der Waals surface area contributed by atoms with Crippen molar-refractivity contribution in [1.29, 1.82) is 0 Å². The van der Waals surface area contributed by atoms with Crippen LogP contribution in [0.25, 0.3) is 10.9 Å². The van der Waals surface area contributed by atoms with Crippen LogP contribution in [-0.2, 0) is 0 Å². The van der Waals surface area contributed by atoms with Gasteiger partial charge in [0.05, 0.1) is 5.52 Å². The first-order chi connectivity index (χ1) is 6.58. The lowest BCUT2D eigenvalue weighted by Crippen LogP contribution is -2.00. The van der Waals surface area contributed by atoms with Crippen molar-refractivity contribution in [3.63, 3.8) is 0 Å². The topological polar surface area (TPSA) is 77.8 Å². The van der Waals surface area contributed by atoms with Gasteiger partial charge in [-0.05, 0) is 24.6 Å². The molecular weight excluding hydrogens is 244 g/mol. The average Bonchev–Trinajstić information content (AvgIpc) is 2.08. The molecule has 0 aliphatic rings. The molecule has 2 aromatic rings. The standard InChI is InChI=1S/C9H9BrN4/c1-4-2-5-7(3-6(4)10)13-9(12)14-8(5)11/h2-3H,1H3,(H4,11,12,13,14). The fourth-order valence-electron chi connectivity index (χ4n) is 1.30. The van der Waals surface area contributed by atoms with E-state index in [1.165, 1.54) is 0 Å². The van der Waals surface area contributed by atoms with Crippen LogP contribution in [0.4, 0.5) is 11.8 Å². The summed E-state index contributed by atoms with van der Waals surface area (Å²) in [6.45, 7) is 1.99. The number of nitrogen functional groups attached to an aromatic ring is 2. The predicted molar refractivity (Wildman–Crippen MR) is 60.8 cm³/mol. The van der Waals surface area contributed by atoms with Crippen LogP contribution in [0.5, 0.6) is 0 Å². The quantitative estimate of drug-likeness (QED) is 0.751. The molecule has 5 heteroatoms. The highest BCUT2D eigenvalue weighted by Gasteiger charge is 2.05. The van der Waals surface area contributed by atoms with Crippen LogP contribution in [0.15, 0.2) is 16.6 Å². The molecule has 72 valence electrons. The number of hydrogen-bond donors (Lipinski definition) is 2. The van der Waals surface area contributed by atoms with E-state index in [1.54, 1.807) is 0 Å². The molecule has 1 aromatic heterocycles. The van der Waals surface area contributed by atoms with Gasteiger partial charge in [0.15, 0.2) is 0 Å². The van der Waals surface area contributed by atoms with E-state index in [-0.39, 0.29) is 5.95 Å². The molecule has 0 saturated carbocycles. The van der Waals surface area contributed by atoms with E-state index in [9.17, 15) is 0 Å². The summed E-state index contributed by atoms with van der Waals surface area (Å²) >= 11 is 3.42. The molecule has 4 N–H and O–H groups in total. The number of aryl methyl sites for hydroxylation is 1. The molecule has 14 heavy (non-hydrogen) atoms. The van der Waals surface area contributed by atoms with Crippen molar-refractivity contribution in [1.82, 2.24) is 9.97 Å². The second kappa shape index (κ2) is 3.09. The van der Waals surface area contributed by atoms with Crippen LogP contribution in [0.1, 0.15) is 5.56 Å². The molecule has 0 bridgehead atoms. The zero-order chi connectivity index (χ0) is 10.3. The van der Waals surface area contributed by atoms with E-state index in [0.717, 1.165) is 20.9 Å². The molecule has 1 heterocycles. The lowest BCUT2D eigenvalue weighted by molar-refractivity contribution is 1.24. The Morgan fingerprint density at radius 1 is 1.21 bits per heavy atom. The number of nitrogens with zero attached hydrogens (tertiary/aromatic N) is 2. The molecule has 2 rings (SSSR count). The number of halogens is 1. The van der Waals surface area contributed by atoms with Crippen molar-refractivity contribution in [2.24, 2.45) is 0 Å². The average molecular weight is 253 g/mol. The summed E-state index contributed by atoms with van der Waals surface area (Å²) in [4.78, 5) is 8.00. The Morgan fingerprint density at radius 2 is 1.93 bits per heavy atom. The number of nitrogens with two attached hydrogens (primary N) is 2. The fraction of sp³-hybridized carbons (Fsp3) is 0.111. The molecule has 0 unspecified atom stereocenters. The van der Waals surface area contributed by atoms with Gasteiger partial charge >= 0.3 is 0 Å². The van der Waals surface area contributed by atoms with E-state index in [2.05, 4.69) is 25.9 Å². The number of rotatable bonds is 0. The number of aromatic nitrogens is 2. The van der Waals surface area contributed by atoms with E-state index >= 15 is 0 Å². The summed E-state index contributed by atoms with van der Waals surface area (Å²) < 4.78 is 0.988. The molecule has 0 saturated heterocycles. The third-order valence-electron chi connectivity index (χ3n) is 2.02. The summed E-state index contributed by atoms with van der Waals surface area (Å²) in [5, 5.41) is 0.833. The number of anilines is 2. The summed E-state index contributed by atoms with van der Waals surface area (Å²) in [7, 11) is 0. The van der Waals surface area contributed by atoms with Gasteiger partial charge in [-0.15, -0.1) is 0 Å². The Balaban J connectivity index is 2.89. The lowest BCUT2D eigenvalue weighted by Gasteiger charge is -2.04. The predicted octanol–water partition coefficient (Wildman–Crippen LogP) is 1.87. The fourth-order valence-corrected chi connectivity index (χ4v) is 1.63. The summed E-state index contributed by atoms with van der Waals surface area (Å²) in [6, 6.07) is 3.83. The first-order valence-electron chi connectivity index (χ1n) is 4.07. The molecule has 0 fully saturated rings. The van der Waals surface area contributed by atoms with Crippen LogP contribution in [-0.4, -0.2) is 9.97 Å². The summed E-state index contributed by atoms with van der Waals surface area (Å²) in [5.41, 5.74) is 13.1. The van der Waals surface area contributed by atoms with Crippen LogP contribution in [0, 0.1) is 6.92 Å². The van der Waals surface area contributed by atoms with Gasteiger partial charge in [-0.25, -0.2) is 4.98 Å². The van der Waals surface area contributed by atoms with Crippen molar-refractivity contribution < 1.29 is 0 Å². The smallest absolute Gasteiger partial charge is 0.222 e. The van der Waals surface area contributed by atoms with Gasteiger partial charge < -0.3 is 11.5 Å². The second-order valence-electron chi connectivity index (χ2n) is 3.09. The van der Waals surface area contributed by atoms with Crippen molar-refractivity contribution in [3.8, 4) is 0 Å². The number of hydrogen-bond acceptors (Lipinski definition) is 4. The first kappa shape index (κ1) is 9.21. The molecule has 0 atom stereocenters. The van der Waals surface area contributed by atoms with E-state index in [1.807, 2.05) is 19.1 Å². The van der Waals surface area contributed by atoms with E-state index in [0.29, 0.717) is 5.82 Å². The minimum atomic E-state index is 0.200. The van der Waals surface area contributed by atoms with Crippen molar-refractivity contribution in [2.45, 2.75) is 6.92 Å². The Morgan fingerprint density at radius 3 is 2.64 bits per heavy atom. The van der Waals surface area contributed by atoms with Crippen molar-refractivity contribution in [3.05, 3.63) is 22.2 Å². The maximum Gasteiger partial charge on any atom is 0.222 e. The number of benzene rings is 1.